The number of hydrogen-bond donors (Lipinski definition) is 0. The predicted molar refractivity (Wildman–Crippen MR) is 658 cm³/mol. The minimum absolute atomic E-state index is 0.0100. The van der Waals surface area contributed by atoms with Crippen LogP contribution in [0.3, 0.4) is 0 Å². The van der Waals surface area contributed by atoms with Crippen LogP contribution in [0.2, 0.25) is 0 Å². The highest BCUT2D eigenvalue weighted by molar-refractivity contribution is 8.87. The molecule has 0 fully saturated rings. The highest BCUT2D eigenvalue weighted by Crippen LogP contribution is 2.63. The van der Waals surface area contributed by atoms with E-state index in [0.29, 0.717) is 52.1 Å². The predicted octanol–water partition coefficient (Wildman–Crippen LogP) is 47.4. The Bertz CT molecular complexity index is 2680. The van der Waals surface area contributed by atoms with Crippen LogP contribution >= 0.6 is 58.6 Å². The molecule has 0 radical (unpaired) electrons. The first kappa shape index (κ1) is 141. The van der Waals surface area contributed by atoms with Gasteiger partial charge in [-0.25, -0.2) is 0 Å². The van der Waals surface area contributed by atoms with Crippen molar-refractivity contribution in [3.63, 3.8) is 0 Å². The first-order chi connectivity index (χ1) is 72.5. The summed E-state index contributed by atoms with van der Waals surface area (Å²) in [4.78, 5) is 49.4. The van der Waals surface area contributed by atoms with E-state index in [1.807, 2.05) is 0 Å². The Balaban J connectivity index is 1.88. The second kappa shape index (κ2) is 115. The molecule has 0 saturated carbocycles. The van der Waals surface area contributed by atoms with Crippen molar-refractivity contribution in [2.45, 2.75) is 689 Å². The molecule has 0 saturated heterocycles. The van der Waals surface area contributed by atoms with Crippen molar-refractivity contribution in [3.05, 3.63) is 59.7 Å². The van der Waals surface area contributed by atoms with E-state index in [0.717, 1.165) is 112 Å². The summed E-state index contributed by atoms with van der Waals surface area (Å²) in [6.07, 6.45) is 127. The van der Waals surface area contributed by atoms with E-state index in [4.69, 9.17) is 28.0 Å². The van der Waals surface area contributed by atoms with Crippen LogP contribution in [0.4, 0.5) is 0 Å². The number of hydrogen-bond acceptors (Lipinski definition) is 14. The number of esters is 4. The van der Waals surface area contributed by atoms with E-state index in [1.165, 1.54) is 550 Å². The topological polar surface area (TPSA) is 124 Å². The zero-order valence-electron chi connectivity index (χ0n) is 98.1. The molecule has 0 amide bonds. The normalized spacial score (nSPS) is 11.8. The molecule has 2 aromatic carbocycles. The number of benzene rings is 2. The van der Waals surface area contributed by atoms with Crippen LogP contribution in [0.15, 0.2) is 48.5 Å². The molecule has 0 aromatic heterocycles. The SMILES string of the molecule is CCCCCCCCCCCCCCOC(=O)CCCCCCCCCCCCCCSP(Oc1ccc(C(C)(C)c2ccc(OP(SCCCCCCCCCCCCCCC(=O)OCCCCCCCCCCCCCC)SCCCCCCCCCCCCCCC(=O)OCCCCCCCCCCCCCC)cc2)cc1)SCCCCCCCCCCCCCCC(=O)OCCCCCCCCCCCCCC. The monoisotopic (exact) mass is 2170 g/mol. The number of ether oxygens (including phenoxy) is 4. The average molecular weight is 2170 g/mol. The number of rotatable bonds is 122. The van der Waals surface area contributed by atoms with Gasteiger partial charge in [0.2, 0.25) is 13.1 Å². The molecule has 0 aliphatic carbocycles. The number of carbonyl (C=O) groups excluding carboxylic acids is 4. The maximum absolute atomic E-state index is 12.4. The minimum atomic E-state index is -0.716. The van der Waals surface area contributed by atoms with Gasteiger partial charge in [-0.2, -0.15) is 0 Å². The van der Waals surface area contributed by atoms with Crippen molar-refractivity contribution in [2.24, 2.45) is 0 Å². The van der Waals surface area contributed by atoms with Gasteiger partial charge in [-0.15, -0.1) is 0 Å². The summed E-state index contributed by atoms with van der Waals surface area (Å²) in [5.41, 5.74) is 2.41. The van der Waals surface area contributed by atoms with E-state index in [1.54, 1.807) is 0 Å². The molecule has 0 bridgehead atoms. The molecule has 0 N–H and O–H groups in total. The fourth-order valence-corrected chi connectivity index (χ4v) is 32.7. The van der Waals surface area contributed by atoms with E-state index < -0.39 is 13.1 Å². The third-order valence-electron chi connectivity index (χ3n) is 30.4. The molecule has 0 spiro atoms. The van der Waals surface area contributed by atoms with Crippen LogP contribution in [0.25, 0.3) is 0 Å². The van der Waals surface area contributed by atoms with Crippen molar-refractivity contribution in [3.8, 4) is 11.5 Å². The molecular formula is C131H242O10P2S4. The lowest BCUT2D eigenvalue weighted by molar-refractivity contribution is -0.144. The molecule has 0 heterocycles. The fraction of sp³-hybridized carbons (Fsp3) is 0.878. The second-order valence-electron chi connectivity index (χ2n) is 45.0. The molecule has 2 aromatic rings. The Kier molecular flexibility index (Phi) is 111. The Labute approximate surface area is 932 Å². The number of unbranched alkanes of at least 4 members (excludes halogenated alkanes) is 88. The van der Waals surface area contributed by atoms with E-state index in [2.05, 4.69) is 136 Å². The zero-order valence-corrected chi connectivity index (χ0v) is 103. The molecule has 0 unspecified atom stereocenters. The summed E-state index contributed by atoms with van der Waals surface area (Å²) >= 11 is 8.32. The standard InChI is InChI=1S/C131H242O10P2S4/c1-7-11-15-19-23-27-31-47-59-71-83-95-115-136-127(132)103-91-79-67-55-43-35-39-51-63-75-87-99-119-144-142(145-120-100-88-76-64-52-40-36-44-56-68-80-92-104-128(133)137-116-96-84-72-60-48-32-28-24-20-16-12-8-2)140-125-111-107-123(108-112-125)131(5,6)124-109-113-126(114-110-124)141-143(146-121-101-89-77-65-53-41-37-45-57-69-81-93-105-129(134)138-117-97-85-73-61-49-33-29-25-21-17-13-9-3)147-122-102-90-78-66-54-42-38-46-58-70-82-94-106-130(135)139-118-98-86-74-62-50-34-30-26-22-18-14-10-4/h107-114H,7-106,115-122H2,1-6H3. The van der Waals surface area contributed by atoms with Gasteiger partial charge in [0.15, 0.2) is 0 Å². The average Bonchev–Trinajstić information content (AvgIpc) is 0.799. The van der Waals surface area contributed by atoms with Gasteiger partial charge >= 0.3 is 23.9 Å². The molecule has 2 rings (SSSR count). The second-order valence-corrected chi connectivity index (χ2v) is 57.4. The molecule has 0 atom stereocenters. The lowest BCUT2D eigenvalue weighted by Gasteiger charge is -2.27. The maximum Gasteiger partial charge on any atom is 0.305 e. The van der Waals surface area contributed by atoms with Gasteiger partial charge in [-0.05, 0) is 112 Å². The Morgan fingerprint density at radius 2 is 0.313 bits per heavy atom. The van der Waals surface area contributed by atoms with Gasteiger partial charge in [-0.1, -0.05) is 651 Å². The minimum Gasteiger partial charge on any atom is -0.466 e. The summed E-state index contributed by atoms with van der Waals surface area (Å²) in [6, 6.07) is 18.3. The molecule has 16 heteroatoms. The molecule has 0 aliphatic rings. The molecule has 10 nitrogen and oxygen atoms in total. The summed E-state index contributed by atoms with van der Waals surface area (Å²) in [5.74, 6) is 6.67. The lowest BCUT2D eigenvalue weighted by atomic mass is 9.78. The van der Waals surface area contributed by atoms with Gasteiger partial charge in [0.1, 0.15) is 11.5 Å². The number of carbonyl (C=O) groups is 4. The maximum atomic E-state index is 12.4. The van der Waals surface area contributed by atoms with Gasteiger partial charge in [0, 0.05) is 54.1 Å². The first-order valence-electron chi connectivity index (χ1n) is 64.8. The van der Waals surface area contributed by atoms with Crippen LogP contribution in [-0.4, -0.2) is 73.3 Å². The van der Waals surface area contributed by atoms with Crippen molar-refractivity contribution in [2.75, 3.05) is 49.4 Å². The van der Waals surface area contributed by atoms with Crippen molar-refractivity contribution < 1.29 is 47.2 Å². The van der Waals surface area contributed by atoms with Crippen LogP contribution in [0.1, 0.15) is 695 Å². The third-order valence-corrected chi connectivity index (χ3v) is 43.3. The molecule has 860 valence electrons. The van der Waals surface area contributed by atoms with E-state index in [9.17, 15) is 19.2 Å². The lowest BCUT2D eigenvalue weighted by Crippen LogP contribution is -2.18. The van der Waals surface area contributed by atoms with Crippen LogP contribution in [0.5, 0.6) is 11.5 Å². The first-order valence-corrected chi connectivity index (χ1v) is 73.7. The van der Waals surface area contributed by atoms with Gasteiger partial charge < -0.3 is 28.0 Å². The Morgan fingerprint density at radius 1 is 0.184 bits per heavy atom. The quantitative estimate of drug-likeness (QED) is 0.0270. The summed E-state index contributed by atoms with van der Waals surface area (Å²) < 4.78 is 36.3. The van der Waals surface area contributed by atoms with Crippen molar-refractivity contribution in [1.29, 1.82) is 0 Å². The van der Waals surface area contributed by atoms with Crippen LogP contribution in [0, 0.1) is 0 Å². The molecular weight excluding hydrogens is 1920 g/mol. The fourth-order valence-electron chi connectivity index (χ4n) is 20.3. The van der Waals surface area contributed by atoms with Crippen LogP contribution in [-0.2, 0) is 43.5 Å². The highest BCUT2D eigenvalue weighted by Gasteiger charge is 2.25. The van der Waals surface area contributed by atoms with Crippen molar-refractivity contribution >= 4 is 82.5 Å². The summed E-state index contributed by atoms with van der Waals surface area (Å²) in [7, 11) is 0. The zero-order chi connectivity index (χ0) is 105. The molecule has 147 heavy (non-hydrogen) atoms. The summed E-state index contributed by atoms with van der Waals surface area (Å²) in [6.45, 7) is 14.9. The van der Waals surface area contributed by atoms with Crippen LogP contribution < -0.4 is 9.05 Å². The third kappa shape index (κ3) is 101. The van der Waals surface area contributed by atoms with Crippen molar-refractivity contribution in [1.82, 2.24) is 0 Å². The van der Waals surface area contributed by atoms with Gasteiger partial charge in [0.25, 0.3) is 0 Å². The largest absolute Gasteiger partial charge is 0.466 e. The summed E-state index contributed by atoms with van der Waals surface area (Å²) in [5, 5.41) is 0. The van der Waals surface area contributed by atoms with E-state index in [-0.39, 0.29) is 29.3 Å². The Hall–Kier alpha value is -1.82. The smallest absolute Gasteiger partial charge is 0.305 e. The van der Waals surface area contributed by atoms with Gasteiger partial charge in [0.05, 0.1) is 26.4 Å². The highest BCUT2D eigenvalue weighted by atomic mass is 33.1. The molecule has 0 aliphatic heterocycles. The van der Waals surface area contributed by atoms with E-state index >= 15 is 0 Å². The van der Waals surface area contributed by atoms with Gasteiger partial charge in [-0.3, -0.25) is 19.2 Å². The Morgan fingerprint density at radius 3 is 0.463 bits per heavy atom.